The first kappa shape index (κ1) is 13.0. The molecule has 1 amide bonds. The van der Waals surface area contributed by atoms with Crippen LogP contribution in [0.5, 0.6) is 0 Å². The minimum absolute atomic E-state index is 0.0111. The molecule has 1 aromatic heterocycles. The second kappa shape index (κ2) is 5.44. The lowest BCUT2D eigenvalue weighted by atomic mass is 9.86. The van der Waals surface area contributed by atoms with E-state index < -0.39 is 5.97 Å². The van der Waals surface area contributed by atoms with Gasteiger partial charge < -0.3 is 14.8 Å². The number of nitrogens with one attached hydrogen (secondary N) is 1. The third-order valence-electron chi connectivity index (χ3n) is 3.21. The van der Waals surface area contributed by atoms with Gasteiger partial charge in [0.1, 0.15) is 0 Å². The number of aliphatic carboxylic acids is 1. The van der Waals surface area contributed by atoms with Gasteiger partial charge in [0.15, 0.2) is 11.0 Å². The number of carbonyl (C=O) groups excluding carboxylic acids is 1. The summed E-state index contributed by atoms with van der Waals surface area (Å²) in [4.78, 5) is 22.6. The Hall–Kier alpha value is -1.49. The standard InChI is InChI=1S/C12H14ClNO4/c13-10-6-5-9(18-10)11(15)14-8-3-1-7(2-4-8)12(16)17/h5-8H,1-4H2,(H,14,15)(H,16,17). The van der Waals surface area contributed by atoms with Crippen molar-refractivity contribution in [1.82, 2.24) is 5.32 Å². The third-order valence-corrected chi connectivity index (χ3v) is 3.41. The van der Waals surface area contributed by atoms with Gasteiger partial charge in [-0.3, -0.25) is 9.59 Å². The predicted octanol–water partition coefficient (Wildman–Crippen LogP) is 2.31. The van der Waals surface area contributed by atoms with Gasteiger partial charge in [-0.05, 0) is 49.4 Å². The largest absolute Gasteiger partial charge is 0.481 e. The summed E-state index contributed by atoms with van der Waals surface area (Å²) in [5.74, 6) is -1.16. The highest BCUT2D eigenvalue weighted by Gasteiger charge is 2.27. The van der Waals surface area contributed by atoms with Crippen LogP contribution in [0.1, 0.15) is 36.2 Å². The van der Waals surface area contributed by atoms with E-state index >= 15 is 0 Å². The smallest absolute Gasteiger partial charge is 0.306 e. The van der Waals surface area contributed by atoms with Crippen LogP contribution in [0.15, 0.2) is 16.5 Å². The summed E-state index contributed by atoms with van der Waals surface area (Å²) in [6, 6.07) is 3.04. The number of hydrogen-bond donors (Lipinski definition) is 2. The lowest BCUT2D eigenvalue weighted by Crippen LogP contribution is -2.38. The fourth-order valence-corrected chi connectivity index (χ4v) is 2.32. The van der Waals surface area contributed by atoms with Crippen molar-refractivity contribution >= 4 is 23.5 Å². The third kappa shape index (κ3) is 3.04. The Labute approximate surface area is 109 Å². The second-order valence-electron chi connectivity index (χ2n) is 4.46. The molecule has 0 aromatic carbocycles. The fourth-order valence-electron chi connectivity index (χ4n) is 2.18. The molecule has 1 fully saturated rings. The van der Waals surface area contributed by atoms with E-state index in [1.165, 1.54) is 12.1 Å². The summed E-state index contributed by atoms with van der Waals surface area (Å²) in [5, 5.41) is 11.9. The molecule has 98 valence electrons. The van der Waals surface area contributed by atoms with Crippen molar-refractivity contribution in [2.75, 3.05) is 0 Å². The Kier molecular flexibility index (Phi) is 3.91. The van der Waals surface area contributed by atoms with E-state index in [1.807, 2.05) is 0 Å². The minimum atomic E-state index is -0.752. The van der Waals surface area contributed by atoms with E-state index in [0.717, 1.165) is 0 Å². The molecule has 2 rings (SSSR count). The maximum Gasteiger partial charge on any atom is 0.306 e. The molecule has 1 aliphatic rings. The van der Waals surface area contributed by atoms with Crippen LogP contribution in [0.3, 0.4) is 0 Å². The van der Waals surface area contributed by atoms with Crippen molar-refractivity contribution in [3.63, 3.8) is 0 Å². The van der Waals surface area contributed by atoms with Crippen molar-refractivity contribution in [2.45, 2.75) is 31.7 Å². The zero-order chi connectivity index (χ0) is 13.1. The zero-order valence-electron chi connectivity index (χ0n) is 9.69. The molecule has 18 heavy (non-hydrogen) atoms. The van der Waals surface area contributed by atoms with Gasteiger partial charge in [0, 0.05) is 6.04 Å². The maximum absolute atomic E-state index is 11.8. The van der Waals surface area contributed by atoms with Gasteiger partial charge in [0.05, 0.1) is 5.92 Å². The number of rotatable bonds is 3. The highest BCUT2D eigenvalue weighted by Crippen LogP contribution is 2.24. The Balaban J connectivity index is 1.85. The topological polar surface area (TPSA) is 79.5 Å². The van der Waals surface area contributed by atoms with Gasteiger partial charge in [0.25, 0.3) is 5.91 Å². The number of amides is 1. The molecule has 0 atom stereocenters. The number of furan rings is 1. The number of carbonyl (C=O) groups is 2. The van der Waals surface area contributed by atoms with Crippen molar-refractivity contribution in [1.29, 1.82) is 0 Å². The molecule has 1 aliphatic carbocycles. The van der Waals surface area contributed by atoms with Crippen LogP contribution in [0.4, 0.5) is 0 Å². The van der Waals surface area contributed by atoms with Gasteiger partial charge in [0.2, 0.25) is 0 Å². The van der Waals surface area contributed by atoms with Crippen LogP contribution < -0.4 is 5.32 Å². The molecule has 1 heterocycles. The van der Waals surface area contributed by atoms with E-state index in [0.29, 0.717) is 25.7 Å². The lowest BCUT2D eigenvalue weighted by molar-refractivity contribution is -0.142. The fraction of sp³-hybridized carbons (Fsp3) is 0.500. The minimum Gasteiger partial charge on any atom is -0.481 e. The molecule has 0 saturated heterocycles. The molecule has 0 bridgehead atoms. The van der Waals surface area contributed by atoms with Crippen LogP contribution in [0.2, 0.25) is 5.22 Å². The summed E-state index contributed by atoms with van der Waals surface area (Å²) in [6.07, 6.45) is 2.55. The SMILES string of the molecule is O=C(NC1CCC(C(=O)O)CC1)c1ccc(Cl)o1. The Morgan fingerprint density at radius 2 is 1.94 bits per heavy atom. The molecule has 1 saturated carbocycles. The first-order valence-electron chi connectivity index (χ1n) is 5.85. The molecule has 0 radical (unpaired) electrons. The van der Waals surface area contributed by atoms with Crippen molar-refractivity contribution in [3.05, 3.63) is 23.1 Å². The van der Waals surface area contributed by atoms with Crippen molar-refractivity contribution < 1.29 is 19.1 Å². The van der Waals surface area contributed by atoms with Crippen molar-refractivity contribution in [2.24, 2.45) is 5.92 Å². The van der Waals surface area contributed by atoms with Crippen LogP contribution in [-0.4, -0.2) is 23.0 Å². The number of carboxylic acids is 1. The van der Waals surface area contributed by atoms with E-state index in [9.17, 15) is 9.59 Å². The van der Waals surface area contributed by atoms with Crippen LogP contribution in [0, 0.1) is 5.92 Å². The van der Waals surface area contributed by atoms with Crippen molar-refractivity contribution in [3.8, 4) is 0 Å². The summed E-state index contributed by atoms with van der Waals surface area (Å²) in [7, 11) is 0. The lowest BCUT2D eigenvalue weighted by Gasteiger charge is -2.26. The monoisotopic (exact) mass is 271 g/mol. The summed E-state index contributed by atoms with van der Waals surface area (Å²) in [5.41, 5.74) is 0. The first-order valence-corrected chi connectivity index (χ1v) is 6.23. The first-order chi connectivity index (χ1) is 8.56. The Morgan fingerprint density at radius 3 is 2.44 bits per heavy atom. The molecule has 0 spiro atoms. The van der Waals surface area contributed by atoms with Gasteiger partial charge in [-0.1, -0.05) is 0 Å². The second-order valence-corrected chi connectivity index (χ2v) is 4.84. The van der Waals surface area contributed by atoms with E-state index in [-0.39, 0.29) is 28.8 Å². The highest BCUT2D eigenvalue weighted by molar-refractivity contribution is 6.29. The van der Waals surface area contributed by atoms with Crippen LogP contribution in [0.25, 0.3) is 0 Å². The Morgan fingerprint density at radius 1 is 1.28 bits per heavy atom. The number of carboxylic acid groups (broad SMARTS) is 1. The molecular formula is C12H14ClNO4. The van der Waals surface area contributed by atoms with Gasteiger partial charge in [-0.15, -0.1) is 0 Å². The average molecular weight is 272 g/mol. The number of halogens is 1. The summed E-state index contributed by atoms with van der Waals surface area (Å²) >= 11 is 5.59. The Bertz CT molecular complexity index is 449. The van der Waals surface area contributed by atoms with Crippen LogP contribution in [-0.2, 0) is 4.79 Å². The molecule has 1 aromatic rings. The van der Waals surface area contributed by atoms with E-state index in [2.05, 4.69) is 5.32 Å². The quantitative estimate of drug-likeness (QED) is 0.884. The molecule has 6 heteroatoms. The summed E-state index contributed by atoms with van der Waals surface area (Å²) in [6.45, 7) is 0. The van der Waals surface area contributed by atoms with Crippen LogP contribution >= 0.6 is 11.6 Å². The summed E-state index contributed by atoms with van der Waals surface area (Å²) < 4.78 is 5.01. The molecule has 5 nitrogen and oxygen atoms in total. The normalized spacial score (nSPS) is 23.6. The van der Waals surface area contributed by atoms with Gasteiger partial charge in [-0.2, -0.15) is 0 Å². The molecule has 2 N–H and O–H groups in total. The van der Waals surface area contributed by atoms with E-state index in [4.69, 9.17) is 21.1 Å². The number of hydrogen-bond acceptors (Lipinski definition) is 3. The highest BCUT2D eigenvalue weighted by atomic mass is 35.5. The zero-order valence-corrected chi connectivity index (χ0v) is 10.4. The van der Waals surface area contributed by atoms with Gasteiger partial charge in [-0.25, -0.2) is 0 Å². The van der Waals surface area contributed by atoms with Gasteiger partial charge >= 0.3 is 5.97 Å². The average Bonchev–Trinajstić information content (AvgIpc) is 2.76. The predicted molar refractivity (Wildman–Crippen MR) is 64.6 cm³/mol. The maximum atomic E-state index is 11.8. The molecule has 0 aliphatic heterocycles. The van der Waals surface area contributed by atoms with E-state index in [1.54, 1.807) is 0 Å². The molecular weight excluding hydrogens is 258 g/mol. The molecule has 0 unspecified atom stereocenters.